The highest BCUT2D eigenvalue weighted by Gasteiger charge is 2.33. The Morgan fingerprint density at radius 1 is 1.45 bits per heavy atom. The molecule has 4 rings (SSSR count). The zero-order valence-electron chi connectivity index (χ0n) is 16.1. The van der Waals surface area contributed by atoms with Gasteiger partial charge in [-0.25, -0.2) is 9.97 Å². The maximum absolute atomic E-state index is 12.2. The summed E-state index contributed by atoms with van der Waals surface area (Å²) >= 11 is 8.80. The largest absolute Gasteiger partial charge is 0.383 e. The number of thiophene rings is 1. The van der Waals surface area contributed by atoms with E-state index < -0.39 is 0 Å². The summed E-state index contributed by atoms with van der Waals surface area (Å²) in [5, 5.41) is 4.81. The topological polar surface area (TPSA) is 90.1 Å². The molecular weight excluding hydrogens is 428 g/mol. The van der Waals surface area contributed by atoms with Crippen molar-refractivity contribution in [2.45, 2.75) is 44.1 Å². The van der Waals surface area contributed by atoms with Gasteiger partial charge in [-0.2, -0.15) is 0 Å². The summed E-state index contributed by atoms with van der Waals surface area (Å²) in [4.78, 5) is 23.3. The molecule has 2 aromatic heterocycles. The number of rotatable bonds is 5. The Morgan fingerprint density at radius 2 is 2.28 bits per heavy atom. The van der Waals surface area contributed by atoms with Crippen LogP contribution in [0, 0.1) is 0 Å². The number of ether oxygens (including phenoxy) is 1. The molecule has 152 valence electrons. The maximum atomic E-state index is 12.2. The first-order chi connectivity index (χ1) is 13.9. The van der Waals surface area contributed by atoms with Crippen molar-refractivity contribution in [3.63, 3.8) is 0 Å². The van der Waals surface area contributed by atoms with Crippen LogP contribution in [0.3, 0.4) is 0 Å². The molecule has 3 N–H and O–H groups in total. The van der Waals surface area contributed by atoms with E-state index >= 15 is 0 Å². The van der Waals surface area contributed by atoms with Crippen LogP contribution in [0.1, 0.15) is 30.7 Å². The summed E-state index contributed by atoms with van der Waals surface area (Å²) in [7, 11) is 0. The second-order valence-corrected chi connectivity index (χ2v) is 9.65. The minimum absolute atomic E-state index is 0.155. The zero-order chi connectivity index (χ0) is 20.6. The standard InChI is InChI=1S/C20H21ClN4O2S2/c1-3-20(2)8-13-14(9-27-20)29-18-16(13)17(22)24-19(25-18)28-10-15(26)23-12-6-4-5-11(21)7-12/h4-7H,3,8-10H2,1-2H3,(H,23,26)(H2,22,24,25). The summed E-state index contributed by atoms with van der Waals surface area (Å²) in [6, 6.07) is 7.03. The van der Waals surface area contributed by atoms with Gasteiger partial charge in [-0.3, -0.25) is 4.79 Å². The number of hydrogen-bond acceptors (Lipinski definition) is 7. The molecule has 0 spiro atoms. The lowest BCUT2D eigenvalue weighted by atomic mass is 9.90. The predicted octanol–water partition coefficient (Wildman–Crippen LogP) is 4.90. The van der Waals surface area contributed by atoms with E-state index in [4.69, 9.17) is 22.1 Å². The van der Waals surface area contributed by atoms with Crippen LogP contribution >= 0.6 is 34.7 Å². The highest BCUT2D eigenvalue weighted by molar-refractivity contribution is 7.99. The first-order valence-electron chi connectivity index (χ1n) is 9.27. The van der Waals surface area contributed by atoms with Crippen molar-refractivity contribution in [1.82, 2.24) is 9.97 Å². The van der Waals surface area contributed by atoms with E-state index in [1.165, 1.54) is 17.3 Å². The van der Waals surface area contributed by atoms with Crippen LogP contribution in [0.25, 0.3) is 10.2 Å². The first-order valence-corrected chi connectivity index (χ1v) is 11.4. The molecule has 3 aromatic rings. The summed E-state index contributed by atoms with van der Waals surface area (Å²) in [5.74, 6) is 0.488. The van der Waals surface area contributed by atoms with E-state index in [0.29, 0.717) is 28.3 Å². The number of halogens is 1. The van der Waals surface area contributed by atoms with Gasteiger partial charge in [0.2, 0.25) is 5.91 Å². The molecule has 0 bridgehead atoms. The lowest BCUT2D eigenvalue weighted by Gasteiger charge is -2.33. The monoisotopic (exact) mass is 448 g/mol. The Hall–Kier alpha value is -1.87. The van der Waals surface area contributed by atoms with Crippen LogP contribution in [-0.4, -0.2) is 27.2 Å². The van der Waals surface area contributed by atoms with E-state index in [-0.39, 0.29) is 17.3 Å². The van der Waals surface area contributed by atoms with Gasteiger partial charge in [-0.15, -0.1) is 11.3 Å². The van der Waals surface area contributed by atoms with E-state index in [0.717, 1.165) is 27.9 Å². The molecule has 1 aliphatic heterocycles. The molecule has 0 saturated heterocycles. The Kier molecular flexibility index (Phi) is 5.70. The molecule has 1 aromatic carbocycles. The van der Waals surface area contributed by atoms with Crippen molar-refractivity contribution in [2.75, 3.05) is 16.8 Å². The minimum Gasteiger partial charge on any atom is -0.383 e. The third-order valence-corrected chi connectivity index (χ3v) is 7.21. The second kappa shape index (κ2) is 8.10. The van der Waals surface area contributed by atoms with Gasteiger partial charge in [-0.05, 0) is 37.1 Å². The summed E-state index contributed by atoms with van der Waals surface area (Å²) in [6.45, 7) is 4.83. The number of nitrogens with one attached hydrogen (secondary N) is 1. The summed E-state index contributed by atoms with van der Waals surface area (Å²) in [6.07, 6.45) is 1.74. The molecule has 1 atom stereocenters. The average Bonchev–Trinajstić information content (AvgIpc) is 3.04. The maximum Gasteiger partial charge on any atom is 0.234 e. The zero-order valence-corrected chi connectivity index (χ0v) is 18.5. The highest BCUT2D eigenvalue weighted by atomic mass is 35.5. The quantitative estimate of drug-likeness (QED) is 0.426. The molecule has 0 fully saturated rings. The summed E-state index contributed by atoms with van der Waals surface area (Å²) in [5.41, 5.74) is 7.97. The van der Waals surface area contributed by atoms with E-state index in [9.17, 15) is 4.79 Å². The van der Waals surface area contributed by atoms with Crippen LogP contribution in [-0.2, 0) is 22.6 Å². The molecular formula is C20H21ClN4O2S2. The number of aromatic nitrogens is 2. The third kappa shape index (κ3) is 4.35. The molecule has 3 heterocycles. The smallest absolute Gasteiger partial charge is 0.234 e. The van der Waals surface area contributed by atoms with Crippen molar-refractivity contribution in [2.24, 2.45) is 0 Å². The number of amides is 1. The number of fused-ring (bicyclic) bond motifs is 3. The number of carbonyl (C=O) groups is 1. The van der Waals surface area contributed by atoms with Gasteiger partial charge in [0.1, 0.15) is 10.6 Å². The Labute approximate surface area is 182 Å². The van der Waals surface area contributed by atoms with Gasteiger partial charge in [0.05, 0.1) is 23.3 Å². The molecule has 9 heteroatoms. The van der Waals surface area contributed by atoms with Crippen LogP contribution in [0.15, 0.2) is 29.4 Å². The molecule has 1 amide bonds. The fraction of sp³-hybridized carbons (Fsp3) is 0.350. The molecule has 0 aliphatic carbocycles. The van der Waals surface area contributed by atoms with Crippen molar-refractivity contribution >= 4 is 62.3 Å². The van der Waals surface area contributed by atoms with Gasteiger partial charge in [-0.1, -0.05) is 36.4 Å². The molecule has 0 saturated carbocycles. The van der Waals surface area contributed by atoms with Crippen LogP contribution in [0.5, 0.6) is 0 Å². The molecule has 6 nitrogen and oxygen atoms in total. The van der Waals surface area contributed by atoms with E-state index in [1.807, 2.05) is 0 Å². The number of thioether (sulfide) groups is 1. The average molecular weight is 449 g/mol. The molecule has 0 radical (unpaired) electrons. The third-order valence-electron chi connectivity index (χ3n) is 5.03. The lowest BCUT2D eigenvalue weighted by molar-refractivity contribution is -0.113. The number of anilines is 2. The second-order valence-electron chi connectivity index (χ2n) is 7.19. The van der Waals surface area contributed by atoms with E-state index in [2.05, 4.69) is 29.1 Å². The van der Waals surface area contributed by atoms with Gasteiger partial charge in [0, 0.05) is 22.0 Å². The molecule has 1 aliphatic rings. The first kappa shape index (κ1) is 20.4. The van der Waals surface area contributed by atoms with E-state index in [1.54, 1.807) is 35.6 Å². The lowest BCUT2D eigenvalue weighted by Crippen LogP contribution is -2.33. The number of nitrogen functional groups attached to an aromatic ring is 1. The van der Waals surface area contributed by atoms with Crippen LogP contribution < -0.4 is 11.1 Å². The van der Waals surface area contributed by atoms with Crippen LogP contribution in [0.2, 0.25) is 5.02 Å². The fourth-order valence-corrected chi connectivity index (χ4v) is 5.27. The number of hydrogen-bond donors (Lipinski definition) is 2. The minimum atomic E-state index is -0.181. The Balaban J connectivity index is 1.50. The van der Waals surface area contributed by atoms with Crippen molar-refractivity contribution in [1.29, 1.82) is 0 Å². The van der Waals surface area contributed by atoms with Gasteiger partial charge < -0.3 is 15.8 Å². The normalized spacial score (nSPS) is 18.6. The molecule has 29 heavy (non-hydrogen) atoms. The number of benzene rings is 1. The van der Waals surface area contributed by atoms with Crippen molar-refractivity contribution < 1.29 is 9.53 Å². The van der Waals surface area contributed by atoms with Crippen molar-refractivity contribution in [3.05, 3.63) is 39.7 Å². The predicted molar refractivity (Wildman–Crippen MR) is 120 cm³/mol. The number of nitrogens with zero attached hydrogens (tertiary/aromatic N) is 2. The van der Waals surface area contributed by atoms with Gasteiger partial charge >= 0.3 is 0 Å². The number of nitrogens with two attached hydrogens (primary N) is 1. The van der Waals surface area contributed by atoms with Crippen molar-refractivity contribution in [3.8, 4) is 0 Å². The Morgan fingerprint density at radius 3 is 3.03 bits per heavy atom. The van der Waals surface area contributed by atoms with Crippen LogP contribution in [0.4, 0.5) is 11.5 Å². The van der Waals surface area contributed by atoms with Gasteiger partial charge in [0.15, 0.2) is 5.16 Å². The Bertz CT molecular complexity index is 1090. The summed E-state index contributed by atoms with van der Waals surface area (Å²) < 4.78 is 6.04. The number of carbonyl (C=O) groups excluding carboxylic acids is 1. The molecule has 1 unspecified atom stereocenters. The van der Waals surface area contributed by atoms with Gasteiger partial charge in [0.25, 0.3) is 0 Å². The fourth-order valence-electron chi connectivity index (χ4n) is 3.26. The highest BCUT2D eigenvalue weighted by Crippen LogP contribution is 2.41. The SMILES string of the molecule is CCC1(C)Cc2c(sc3nc(SCC(=O)Nc4cccc(Cl)c4)nc(N)c23)CO1.